The molecular weight excluding hydrogens is 302 g/mol. The van der Waals surface area contributed by atoms with E-state index in [1.807, 2.05) is 32.0 Å². The summed E-state index contributed by atoms with van der Waals surface area (Å²) >= 11 is 0. The zero-order valence-electron chi connectivity index (χ0n) is 14.8. The van der Waals surface area contributed by atoms with Gasteiger partial charge in [-0.15, -0.1) is 0 Å². The maximum absolute atomic E-state index is 12.8. The quantitative estimate of drug-likeness (QED) is 0.853. The van der Waals surface area contributed by atoms with Crippen LogP contribution in [0.2, 0.25) is 0 Å². The fourth-order valence-electron chi connectivity index (χ4n) is 2.64. The largest absolute Gasteiger partial charge is 0.497 e. The Kier molecular flexibility index (Phi) is 5.07. The molecule has 2 aromatic carbocycles. The van der Waals surface area contributed by atoms with Gasteiger partial charge in [-0.25, -0.2) is 0 Å². The lowest BCUT2D eigenvalue weighted by atomic mass is 9.91. The molecule has 0 aromatic heterocycles. The molecule has 0 saturated heterocycles. The zero-order valence-corrected chi connectivity index (χ0v) is 14.8. The van der Waals surface area contributed by atoms with Crippen molar-refractivity contribution in [2.45, 2.75) is 33.2 Å². The number of amides is 1. The van der Waals surface area contributed by atoms with Crippen molar-refractivity contribution in [2.24, 2.45) is 0 Å². The third-order valence-corrected chi connectivity index (χ3v) is 3.81. The van der Waals surface area contributed by atoms with Crippen molar-refractivity contribution in [3.63, 3.8) is 0 Å². The lowest BCUT2D eigenvalue weighted by molar-refractivity contribution is 0.0798. The Labute approximate surface area is 142 Å². The molecule has 24 heavy (non-hydrogen) atoms. The summed E-state index contributed by atoms with van der Waals surface area (Å²) in [5.41, 5.74) is 2.08. The minimum absolute atomic E-state index is 0.120. The Bertz CT molecular complexity index is 758. The fraction of sp³-hybridized carbons (Fsp3) is 0.300. The van der Waals surface area contributed by atoms with Gasteiger partial charge >= 0.3 is 0 Å². The van der Waals surface area contributed by atoms with Gasteiger partial charge in [-0.1, -0.05) is 23.3 Å². The molecule has 0 heterocycles. The highest BCUT2D eigenvalue weighted by molar-refractivity contribution is 6.06. The van der Waals surface area contributed by atoms with Gasteiger partial charge in [-0.05, 0) is 58.0 Å². The van der Waals surface area contributed by atoms with Crippen LogP contribution >= 0.6 is 0 Å². The van der Waals surface area contributed by atoms with E-state index in [1.54, 1.807) is 45.2 Å². The number of rotatable bonds is 5. The van der Waals surface area contributed by atoms with Gasteiger partial charge in [-0.2, -0.15) is 0 Å². The van der Waals surface area contributed by atoms with E-state index in [0.717, 1.165) is 11.1 Å². The lowest BCUT2D eigenvalue weighted by Crippen LogP contribution is -2.49. The second kappa shape index (κ2) is 6.87. The number of carbonyl (C=O) groups is 2. The molecule has 126 valence electrons. The number of ketones is 1. The second-order valence-corrected chi connectivity index (χ2v) is 6.52. The highest BCUT2D eigenvalue weighted by atomic mass is 16.5. The Morgan fingerprint density at radius 1 is 0.958 bits per heavy atom. The zero-order chi connectivity index (χ0) is 17.9. The number of aryl methyl sites for hydroxylation is 2. The molecule has 4 nitrogen and oxygen atoms in total. The van der Waals surface area contributed by atoms with E-state index in [9.17, 15) is 9.59 Å². The number of Topliss-reactive ketones (excluding diaryl/α,β-unsaturated/α-hetero) is 1. The maximum atomic E-state index is 12.8. The van der Waals surface area contributed by atoms with E-state index in [4.69, 9.17) is 4.74 Å². The van der Waals surface area contributed by atoms with Gasteiger partial charge in [0, 0.05) is 11.1 Å². The summed E-state index contributed by atoms with van der Waals surface area (Å²) in [5, 5.41) is 2.82. The first kappa shape index (κ1) is 17.7. The predicted molar refractivity (Wildman–Crippen MR) is 94.8 cm³/mol. The van der Waals surface area contributed by atoms with Gasteiger partial charge in [0.2, 0.25) is 0 Å². The van der Waals surface area contributed by atoms with Crippen LogP contribution < -0.4 is 10.1 Å². The molecule has 0 aliphatic carbocycles. The summed E-state index contributed by atoms with van der Waals surface area (Å²) in [4.78, 5) is 25.3. The van der Waals surface area contributed by atoms with Crippen molar-refractivity contribution in [2.75, 3.05) is 7.11 Å². The molecule has 0 bridgehead atoms. The van der Waals surface area contributed by atoms with Crippen LogP contribution in [0.1, 0.15) is 45.7 Å². The highest BCUT2D eigenvalue weighted by Crippen LogP contribution is 2.18. The van der Waals surface area contributed by atoms with Crippen molar-refractivity contribution >= 4 is 11.7 Å². The van der Waals surface area contributed by atoms with E-state index >= 15 is 0 Å². The van der Waals surface area contributed by atoms with E-state index < -0.39 is 5.54 Å². The van der Waals surface area contributed by atoms with Crippen molar-refractivity contribution in [1.82, 2.24) is 5.32 Å². The number of nitrogens with one attached hydrogen (secondary N) is 1. The molecule has 2 rings (SSSR count). The first-order valence-corrected chi connectivity index (χ1v) is 7.82. The van der Waals surface area contributed by atoms with Crippen LogP contribution in [0.5, 0.6) is 5.75 Å². The Balaban J connectivity index is 2.22. The summed E-state index contributed by atoms with van der Waals surface area (Å²) in [6.07, 6.45) is 0. The highest BCUT2D eigenvalue weighted by Gasteiger charge is 2.31. The standard InChI is InChI=1S/C20H23NO3/c1-13-9-14(2)11-16(10-13)18(22)20(3,4)21-19(23)15-7-6-8-17(12-15)24-5/h6-12H,1-5H3,(H,21,23). The smallest absolute Gasteiger partial charge is 0.252 e. The topological polar surface area (TPSA) is 55.4 Å². The average Bonchev–Trinajstić information content (AvgIpc) is 2.52. The van der Waals surface area contributed by atoms with E-state index in [1.165, 1.54) is 0 Å². The van der Waals surface area contributed by atoms with Crippen molar-refractivity contribution < 1.29 is 14.3 Å². The number of ether oxygens (including phenoxy) is 1. The molecule has 0 spiro atoms. The molecule has 0 unspecified atom stereocenters. The normalized spacial score (nSPS) is 11.0. The van der Waals surface area contributed by atoms with E-state index in [2.05, 4.69) is 5.32 Å². The van der Waals surface area contributed by atoms with Crippen LogP contribution in [0.15, 0.2) is 42.5 Å². The second-order valence-electron chi connectivity index (χ2n) is 6.52. The van der Waals surface area contributed by atoms with Gasteiger partial charge in [0.05, 0.1) is 12.6 Å². The summed E-state index contributed by atoms with van der Waals surface area (Å²) in [6, 6.07) is 12.5. The van der Waals surface area contributed by atoms with Gasteiger partial charge in [0.1, 0.15) is 5.75 Å². The maximum Gasteiger partial charge on any atom is 0.252 e. The third kappa shape index (κ3) is 4.02. The number of methoxy groups -OCH3 is 1. The molecule has 0 atom stereocenters. The minimum Gasteiger partial charge on any atom is -0.497 e. The Morgan fingerprint density at radius 3 is 2.17 bits per heavy atom. The van der Waals surface area contributed by atoms with Crippen LogP contribution in [0, 0.1) is 13.8 Å². The molecular formula is C20H23NO3. The fourth-order valence-corrected chi connectivity index (χ4v) is 2.64. The van der Waals surface area contributed by atoms with Gasteiger partial charge in [-0.3, -0.25) is 9.59 Å². The lowest BCUT2D eigenvalue weighted by Gasteiger charge is -2.25. The van der Waals surface area contributed by atoms with Gasteiger partial charge in [0.25, 0.3) is 5.91 Å². The van der Waals surface area contributed by atoms with Crippen molar-refractivity contribution in [1.29, 1.82) is 0 Å². The molecule has 2 aromatic rings. The van der Waals surface area contributed by atoms with Crippen LogP contribution in [0.25, 0.3) is 0 Å². The Morgan fingerprint density at radius 2 is 1.58 bits per heavy atom. The number of carbonyl (C=O) groups excluding carboxylic acids is 2. The summed E-state index contributed by atoms with van der Waals surface area (Å²) in [6.45, 7) is 7.33. The molecule has 0 aliphatic rings. The SMILES string of the molecule is COc1cccc(C(=O)NC(C)(C)C(=O)c2cc(C)cc(C)c2)c1. The number of benzene rings is 2. The van der Waals surface area contributed by atoms with Crippen LogP contribution in [-0.2, 0) is 0 Å². The average molecular weight is 325 g/mol. The Hall–Kier alpha value is -2.62. The minimum atomic E-state index is -1.01. The first-order valence-electron chi connectivity index (χ1n) is 7.82. The number of hydrogen-bond acceptors (Lipinski definition) is 3. The number of hydrogen-bond donors (Lipinski definition) is 1. The molecule has 0 radical (unpaired) electrons. The third-order valence-electron chi connectivity index (χ3n) is 3.81. The summed E-state index contributed by atoms with van der Waals surface area (Å²) in [5.74, 6) is 0.170. The monoisotopic (exact) mass is 325 g/mol. The van der Waals surface area contributed by atoms with Crippen molar-refractivity contribution in [3.05, 3.63) is 64.7 Å². The van der Waals surface area contributed by atoms with Crippen molar-refractivity contribution in [3.8, 4) is 5.75 Å². The summed E-state index contributed by atoms with van der Waals surface area (Å²) in [7, 11) is 1.55. The molecule has 1 amide bonds. The van der Waals surface area contributed by atoms with Crippen LogP contribution in [0.4, 0.5) is 0 Å². The van der Waals surface area contributed by atoms with Gasteiger partial charge < -0.3 is 10.1 Å². The first-order chi connectivity index (χ1) is 11.2. The molecule has 0 aliphatic heterocycles. The van der Waals surface area contributed by atoms with Crippen LogP contribution in [-0.4, -0.2) is 24.3 Å². The molecule has 0 fully saturated rings. The molecule has 0 saturated carbocycles. The molecule has 4 heteroatoms. The predicted octanol–water partition coefficient (Wildman–Crippen LogP) is 3.70. The van der Waals surface area contributed by atoms with Crippen LogP contribution in [0.3, 0.4) is 0 Å². The van der Waals surface area contributed by atoms with E-state index in [-0.39, 0.29) is 11.7 Å². The summed E-state index contributed by atoms with van der Waals surface area (Å²) < 4.78 is 5.13. The van der Waals surface area contributed by atoms with E-state index in [0.29, 0.717) is 16.9 Å². The van der Waals surface area contributed by atoms with Gasteiger partial charge in [0.15, 0.2) is 5.78 Å². The molecule has 1 N–H and O–H groups in total.